The first-order valence-corrected chi connectivity index (χ1v) is 11.7. The van der Waals surface area contributed by atoms with Crippen LogP contribution < -0.4 is 4.90 Å². The number of aromatic nitrogens is 1. The molecule has 1 atom stereocenters. The molecule has 11 heteroatoms. The Balaban J connectivity index is 1.91. The van der Waals surface area contributed by atoms with Crippen LogP contribution in [0.1, 0.15) is 45.0 Å². The molecule has 2 aromatic carbocycles. The third-order valence-electron chi connectivity index (χ3n) is 5.64. The van der Waals surface area contributed by atoms with Crippen molar-refractivity contribution in [2.24, 2.45) is 0 Å². The average molecular weight is 508 g/mol. The number of non-ortho nitro benzene ring substituents is 1. The van der Waals surface area contributed by atoms with Crippen LogP contribution in [0.5, 0.6) is 0 Å². The minimum atomic E-state index is -1.13. The first-order chi connectivity index (χ1) is 17.1. The molecule has 1 N–H and O–H groups in total. The Labute approximate surface area is 209 Å². The number of carbonyl (C=O) groups is 3. The van der Waals surface area contributed by atoms with Gasteiger partial charge in [-0.3, -0.25) is 24.6 Å². The van der Waals surface area contributed by atoms with Crippen molar-refractivity contribution < 1.29 is 29.2 Å². The quantitative estimate of drug-likeness (QED) is 0.129. The highest BCUT2D eigenvalue weighted by Crippen LogP contribution is 2.44. The molecule has 1 saturated heterocycles. The average Bonchev–Trinajstić information content (AvgIpc) is 3.36. The Bertz CT molecular complexity index is 1410. The summed E-state index contributed by atoms with van der Waals surface area (Å²) in [6.07, 6.45) is 0. The lowest BCUT2D eigenvalue weighted by atomic mass is 9.95. The number of hydrogen-bond acceptors (Lipinski definition) is 9. The standard InChI is InChI=1S/C25H21N3O7S/c1-4-35-24(32)22-14(3)26-25(36-22)27-19(15-9-11-17(12-10-15)28(33)34)18(21(30)23(27)31)20(29)16-7-5-13(2)6-8-16/h5-12,19,29H,4H2,1-3H3/b20-18+/t19-/m0/s1. The molecule has 36 heavy (non-hydrogen) atoms. The summed E-state index contributed by atoms with van der Waals surface area (Å²) in [7, 11) is 0. The summed E-state index contributed by atoms with van der Waals surface area (Å²) in [5.74, 6) is -2.89. The summed E-state index contributed by atoms with van der Waals surface area (Å²) in [6.45, 7) is 5.25. The Kier molecular flexibility index (Phi) is 6.67. The van der Waals surface area contributed by atoms with Crippen LogP contribution in [0.15, 0.2) is 54.1 Å². The highest BCUT2D eigenvalue weighted by molar-refractivity contribution is 7.17. The lowest BCUT2D eigenvalue weighted by Gasteiger charge is -2.23. The van der Waals surface area contributed by atoms with E-state index in [2.05, 4.69) is 4.98 Å². The molecular weight excluding hydrogens is 486 g/mol. The number of nitro benzene ring substituents is 1. The van der Waals surface area contributed by atoms with Crippen molar-refractivity contribution in [2.45, 2.75) is 26.8 Å². The fourth-order valence-electron chi connectivity index (χ4n) is 3.86. The molecular formula is C25H21N3O7S. The summed E-state index contributed by atoms with van der Waals surface area (Å²) in [4.78, 5) is 55.0. The molecule has 0 radical (unpaired) electrons. The molecule has 0 aliphatic carbocycles. The molecule has 184 valence electrons. The Morgan fingerprint density at radius 2 is 1.78 bits per heavy atom. The SMILES string of the molecule is CCOC(=O)c1sc(N2C(=O)C(=O)/C(=C(/O)c3ccc(C)cc3)[C@@H]2c2ccc([N+](=O)[O-])cc2)nc1C. The Morgan fingerprint density at radius 3 is 2.36 bits per heavy atom. The third kappa shape index (κ3) is 4.36. The number of nitro groups is 1. The van der Waals surface area contributed by atoms with Crippen LogP contribution >= 0.6 is 11.3 Å². The summed E-state index contributed by atoms with van der Waals surface area (Å²) >= 11 is 0.883. The second-order valence-electron chi connectivity index (χ2n) is 8.02. The van der Waals surface area contributed by atoms with Gasteiger partial charge in [0.05, 0.1) is 28.8 Å². The number of aliphatic hydroxyl groups excluding tert-OH is 1. The van der Waals surface area contributed by atoms with Crippen LogP contribution in [-0.2, 0) is 14.3 Å². The Morgan fingerprint density at radius 1 is 1.14 bits per heavy atom. The van der Waals surface area contributed by atoms with E-state index < -0.39 is 34.4 Å². The smallest absolute Gasteiger partial charge is 0.350 e. The van der Waals surface area contributed by atoms with Gasteiger partial charge in [0.15, 0.2) is 5.13 Å². The van der Waals surface area contributed by atoms with E-state index in [9.17, 15) is 29.6 Å². The summed E-state index contributed by atoms with van der Waals surface area (Å²) in [5.41, 5.74) is 1.55. The molecule has 4 rings (SSSR count). The van der Waals surface area contributed by atoms with Crippen molar-refractivity contribution in [1.82, 2.24) is 4.98 Å². The van der Waals surface area contributed by atoms with Crippen molar-refractivity contribution in [3.8, 4) is 0 Å². The van der Waals surface area contributed by atoms with E-state index in [-0.39, 0.29) is 27.9 Å². The van der Waals surface area contributed by atoms with Gasteiger partial charge in [0.1, 0.15) is 10.6 Å². The fraction of sp³-hybridized carbons (Fsp3) is 0.200. The maximum Gasteiger partial charge on any atom is 0.350 e. The molecule has 3 aromatic rings. The number of rotatable bonds is 6. The van der Waals surface area contributed by atoms with E-state index in [0.717, 1.165) is 21.8 Å². The van der Waals surface area contributed by atoms with Gasteiger partial charge < -0.3 is 9.84 Å². The van der Waals surface area contributed by atoms with E-state index in [1.54, 1.807) is 38.1 Å². The van der Waals surface area contributed by atoms with Gasteiger partial charge in [0, 0.05) is 17.7 Å². The summed E-state index contributed by atoms with van der Waals surface area (Å²) in [5, 5.41) is 22.3. The zero-order valence-corrected chi connectivity index (χ0v) is 20.4. The highest BCUT2D eigenvalue weighted by atomic mass is 32.1. The first-order valence-electron chi connectivity index (χ1n) is 10.9. The van der Waals surface area contributed by atoms with Crippen LogP contribution in [0.2, 0.25) is 0 Å². The maximum absolute atomic E-state index is 13.3. The molecule has 0 bridgehead atoms. The van der Waals surface area contributed by atoms with Crippen molar-refractivity contribution in [3.63, 3.8) is 0 Å². The summed E-state index contributed by atoms with van der Waals surface area (Å²) < 4.78 is 5.05. The largest absolute Gasteiger partial charge is 0.507 e. The van der Waals surface area contributed by atoms with Gasteiger partial charge in [-0.05, 0) is 38.5 Å². The number of ketones is 1. The van der Waals surface area contributed by atoms with E-state index in [1.165, 1.54) is 24.3 Å². The molecule has 10 nitrogen and oxygen atoms in total. The molecule has 0 saturated carbocycles. The number of benzene rings is 2. The molecule has 2 heterocycles. The van der Waals surface area contributed by atoms with Crippen molar-refractivity contribution in [1.29, 1.82) is 0 Å². The fourth-order valence-corrected chi connectivity index (χ4v) is 4.85. The van der Waals surface area contributed by atoms with Gasteiger partial charge in [0.2, 0.25) is 0 Å². The lowest BCUT2D eigenvalue weighted by molar-refractivity contribution is -0.384. The van der Waals surface area contributed by atoms with Crippen molar-refractivity contribution >= 4 is 45.6 Å². The number of aliphatic hydroxyl groups is 1. The number of hydrogen-bond donors (Lipinski definition) is 1. The molecule has 1 aromatic heterocycles. The van der Waals surface area contributed by atoms with E-state index in [0.29, 0.717) is 16.8 Å². The monoisotopic (exact) mass is 507 g/mol. The zero-order chi connectivity index (χ0) is 26.1. The van der Waals surface area contributed by atoms with Crippen molar-refractivity contribution in [2.75, 3.05) is 11.5 Å². The van der Waals surface area contributed by atoms with E-state index in [1.807, 2.05) is 6.92 Å². The minimum Gasteiger partial charge on any atom is -0.507 e. The number of carbonyl (C=O) groups excluding carboxylic acids is 3. The van der Waals surface area contributed by atoms with Gasteiger partial charge in [-0.1, -0.05) is 41.2 Å². The number of amides is 1. The maximum atomic E-state index is 13.3. The third-order valence-corrected chi connectivity index (χ3v) is 6.78. The number of esters is 1. The normalized spacial score (nSPS) is 16.9. The molecule has 1 amide bonds. The van der Waals surface area contributed by atoms with Gasteiger partial charge in [-0.25, -0.2) is 9.78 Å². The number of nitrogens with zero attached hydrogens (tertiary/aromatic N) is 3. The number of aryl methyl sites for hydroxylation is 2. The van der Waals surface area contributed by atoms with Gasteiger partial charge in [-0.2, -0.15) is 0 Å². The van der Waals surface area contributed by atoms with Gasteiger partial charge in [0.25, 0.3) is 11.5 Å². The topological polar surface area (TPSA) is 140 Å². The predicted octanol–water partition coefficient (Wildman–Crippen LogP) is 4.47. The molecule has 0 unspecified atom stereocenters. The number of thiazole rings is 1. The second kappa shape index (κ2) is 9.70. The highest BCUT2D eigenvalue weighted by Gasteiger charge is 2.48. The summed E-state index contributed by atoms with van der Waals surface area (Å²) in [6, 6.07) is 10.9. The van der Waals surface area contributed by atoms with Crippen LogP contribution in [-0.4, -0.2) is 39.3 Å². The van der Waals surface area contributed by atoms with E-state index in [4.69, 9.17) is 4.74 Å². The molecule has 1 aliphatic heterocycles. The number of Topliss-reactive ketones (excluding diaryl/α,β-unsaturated/α-hetero) is 1. The van der Waals surface area contributed by atoms with Crippen LogP contribution in [0.4, 0.5) is 10.8 Å². The van der Waals surface area contributed by atoms with Crippen LogP contribution in [0.3, 0.4) is 0 Å². The molecule has 1 fully saturated rings. The first kappa shape index (κ1) is 24.7. The van der Waals surface area contributed by atoms with Gasteiger partial charge >= 0.3 is 11.9 Å². The number of ether oxygens (including phenoxy) is 1. The second-order valence-corrected chi connectivity index (χ2v) is 8.99. The molecule has 1 aliphatic rings. The zero-order valence-electron chi connectivity index (χ0n) is 19.5. The van der Waals surface area contributed by atoms with Crippen molar-refractivity contribution in [3.05, 3.63) is 91.5 Å². The predicted molar refractivity (Wildman–Crippen MR) is 132 cm³/mol. The minimum absolute atomic E-state index is 0.0592. The van der Waals surface area contributed by atoms with Gasteiger partial charge in [-0.15, -0.1) is 0 Å². The molecule has 0 spiro atoms. The van der Waals surface area contributed by atoms with Crippen LogP contribution in [0.25, 0.3) is 5.76 Å². The lowest BCUT2D eigenvalue weighted by Crippen LogP contribution is -2.29. The van der Waals surface area contributed by atoms with Crippen LogP contribution in [0, 0.1) is 24.0 Å². The Hall–Kier alpha value is -4.38. The van der Waals surface area contributed by atoms with E-state index >= 15 is 0 Å². The number of anilines is 1.